The third-order valence-corrected chi connectivity index (χ3v) is 8.95. The fourth-order valence-electron chi connectivity index (χ4n) is 6.56. The molecule has 4 aromatic rings. The van der Waals surface area contributed by atoms with E-state index in [1.807, 2.05) is 42.5 Å². The number of likely N-dealkylation sites (tertiary alicyclic amines) is 1. The number of hydrogen-bond acceptors (Lipinski definition) is 3. The number of carbonyl (C=O) groups excluding carboxylic acids is 1. The van der Waals surface area contributed by atoms with Gasteiger partial charge in [0, 0.05) is 91.8 Å². The van der Waals surface area contributed by atoms with Gasteiger partial charge in [0.1, 0.15) is 16.4 Å². The smallest absolute Gasteiger partial charge is 0.317 e. The first-order valence-electron chi connectivity index (χ1n) is 14.4. The average Bonchev–Trinajstić information content (AvgIpc) is 3.31. The summed E-state index contributed by atoms with van der Waals surface area (Å²) in [4.78, 5) is 24.4. The summed E-state index contributed by atoms with van der Waals surface area (Å²) in [5, 5.41) is 7.58. The molecule has 1 N–H and O–H groups in total. The van der Waals surface area contributed by atoms with Gasteiger partial charge in [-0.05, 0) is 56.3 Å². The zero-order valence-electron chi connectivity index (χ0n) is 22.7. The van der Waals surface area contributed by atoms with Gasteiger partial charge in [0.25, 0.3) is 0 Å². The molecule has 3 heterocycles. The van der Waals surface area contributed by atoms with Crippen molar-refractivity contribution >= 4 is 39.3 Å². The van der Waals surface area contributed by atoms with E-state index < -0.39 is 0 Å². The van der Waals surface area contributed by atoms with Gasteiger partial charge in [-0.15, -0.1) is 0 Å². The lowest BCUT2D eigenvalue weighted by molar-refractivity contribution is 0.174. The van der Waals surface area contributed by atoms with Crippen LogP contribution >= 0.6 is 11.6 Å². The lowest BCUT2D eigenvalue weighted by Crippen LogP contribution is -2.48. The lowest BCUT2D eigenvalue weighted by Gasteiger charge is -2.33. The van der Waals surface area contributed by atoms with E-state index in [0.29, 0.717) is 12.0 Å². The summed E-state index contributed by atoms with van der Waals surface area (Å²) in [5.41, 5.74) is 3.61. The van der Waals surface area contributed by atoms with E-state index in [4.69, 9.17) is 16.6 Å². The topological polar surface area (TPSA) is 63.1 Å². The minimum absolute atomic E-state index is 0.107. The van der Waals surface area contributed by atoms with Crippen LogP contribution in [0.2, 0.25) is 5.02 Å². The van der Waals surface area contributed by atoms with Gasteiger partial charge in [-0.1, -0.05) is 19.3 Å². The molecule has 0 unspecified atom stereocenters. The minimum atomic E-state index is 0.107. The summed E-state index contributed by atoms with van der Waals surface area (Å²) in [6.07, 6.45) is 14.5. The number of carbonyl (C=O) groups is 1. The van der Waals surface area contributed by atoms with Gasteiger partial charge in [-0.2, -0.15) is 0 Å². The molecule has 2 fully saturated rings. The number of hydrogen-bond donors (Lipinski definition) is 1. The standard InChI is InChI=1S/C32H36ClN5O/c1-22-34-15-19-37(22)16-13-24-20-25-21-26(33)9-10-28(25)30(31-29(24)8-5-14-35-31)23-11-17-38(18-12-23)32(39)36-27-6-3-2-4-7-27/h5,8-10,14-15,19-21,23,27H,2-4,6-7,11-13,16-18H2,1H3/p+1. The van der Waals surface area contributed by atoms with Crippen molar-refractivity contribution in [3.8, 4) is 0 Å². The summed E-state index contributed by atoms with van der Waals surface area (Å²) in [5.74, 6) is 1.34. The van der Waals surface area contributed by atoms with E-state index in [-0.39, 0.29) is 6.03 Å². The van der Waals surface area contributed by atoms with Gasteiger partial charge in [0.05, 0.1) is 16.3 Å². The third-order valence-electron chi connectivity index (χ3n) is 8.71. The fraction of sp³-hybridized carbons (Fsp3) is 0.438. The molecule has 6 rings (SSSR count). The molecule has 6 nitrogen and oxygen atoms in total. The normalized spacial score (nSPS) is 17.1. The number of pyridine rings is 1. The zero-order chi connectivity index (χ0) is 26.8. The van der Waals surface area contributed by atoms with Crippen LogP contribution in [0.4, 0.5) is 4.79 Å². The zero-order valence-corrected chi connectivity index (χ0v) is 23.5. The Hall–Kier alpha value is -3.25. The fourth-order valence-corrected chi connectivity index (χ4v) is 6.74. The number of fused-ring (bicyclic) bond motifs is 2. The lowest BCUT2D eigenvalue weighted by atomic mass is 9.86. The molecule has 1 saturated carbocycles. The largest absolute Gasteiger partial charge is 0.335 e. The molecule has 0 spiro atoms. The Balaban J connectivity index is 1.33. The predicted octanol–water partition coefficient (Wildman–Crippen LogP) is 7.29. The quantitative estimate of drug-likeness (QED) is 0.269. The SMILES string of the molecule is Cc1nccn1CCc1c[c+]2cc(Cl)ccc2c(C2CCN(C(=O)NC3CCCCC3)CC2)c2ncccc12. The van der Waals surface area contributed by atoms with Crippen molar-refractivity contribution in [3.63, 3.8) is 0 Å². The molecule has 0 atom stereocenters. The molecule has 0 bridgehead atoms. The molecule has 2 aromatic carbocycles. The van der Waals surface area contributed by atoms with Crippen molar-refractivity contribution in [2.24, 2.45) is 0 Å². The minimum Gasteiger partial charge on any atom is -0.335 e. The number of rotatable bonds is 5. The number of piperidine rings is 1. The van der Waals surface area contributed by atoms with Crippen LogP contribution in [0.25, 0.3) is 21.7 Å². The molecular formula is C32H37ClN5O+. The van der Waals surface area contributed by atoms with Crippen LogP contribution in [0.15, 0.2) is 55.0 Å². The molecule has 1 aliphatic carbocycles. The maximum absolute atomic E-state index is 13.0. The molecule has 1 aliphatic heterocycles. The number of benzene rings is 1. The van der Waals surface area contributed by atoms with Crippen LogP contribution in [-0.2, 0) is 13.0 Å². The Kier molecular flexibility index (Phi) is 7.64. The molecule has 7 heteroatoms. The highest BCUT2D eigenvalue weighted by Crippen LogP contribution is 2.38. The van der Waals surface area contributed by atoms with Crippen molar-refractivity contribution in [2.45, 2.75) is 76.8 Å². The molecule has 2 aliphatic rings. The maximum atomic E-state index is 13.0. The number of amides is 2. The first kappa shape index (κ1) is 26.0. The van der Waals surface area contributed by atoms with Gasteiger partial charge in [0.2, 0.25) is 0 Å². The summed E-state index contributed by atoms with van der Waals surface area (Å²) >= 11 is 6.52. The maximum Gasteiger partial charge on any atom is 0.317 e. The molecule has 2 amide bonds. The number of imidazole rings is 1. The predicted molar refractivity (Wildman–Crippen MR) is 158 cm³/mol. The van der Waals surface area contributed by atoms with E-state index in [2.05, 4.69) is 39.1 Å². The van der Waals surface area contributed by atoms with Gasteiger partial charge < -0.3 is 14.8 Å². The van der Waals surface area contributed by atoms with Crippen LogP contribution < -0.4 is 5.32 Å². The number of aromatic nitrogens is 3. The Bertz CT molecular complexity index is 1490. The van der Waals surface area contributed by atoms with E-state index in [0.717, 1.165) is 73.5 Å². The number of aryl methyl sites for hydroxylation is 3. The summed E-state index contributed by atoms with van der Waals surface area (Å²) in [6, 6.07) is 13.2. The van der Waals surface area contributed by atoms with E-state index in [1.165, 1.54) is 41.2 Å². The van der Waals surface area contributed by atoms with E-state index in [9.17, 15) is 4.79 Å². The number of nitrogens with zero attached hydrogens (tertiary/aromatic N) is 4. The second-order valence-corrected chi connectivity index (χ2v) is 11.6. The van der Waals surface area contributed by atoms with Crippen LogP contribution in [0, 0.1) is 6.92 Å². The second-order valence-electron chi connectivity index (χ2n) is 11.2. The van der Waals surface area contributed by atoms with Gasteiger partial charge >= 0.3 is 6.03 Å². The molecule has 0 radical (unpaired) electrons. The van der Waals surface area contributed by atoms with Crippen LogP contribution in [0.1, 0.15) is 67.8 Å². The molecule has 2 aromatic heterocycles. The number of halogens is 1. The van der Waals surface area contributed by atoms with Crippen molar-refractivity contribution < 1.29 is 4.79 Å². The summed E-state index contributed by atoms with van der Waals surface area (Å²) in [6.45, 7) is 4.42. The number of urea groups is 1. The van der Waals surface area contributed by atoms with Crippen molar-refractivity contribution in [3.05, 3.63) is 77.0 Å². The summed E-state index contributed by atoms with van der Waals surface area (Å²) in [7, 11) is 0. The van der Waals surface area contributed by atoms with Crippen LogP contribution in [-0.4, -0.2) is 44.6 Å². The first-order valence-corrected chi connectivity index (χ1v) is 14.8. The van der Waals surface area contributed by atoms with Crippen molar-refractivity contribution in [1.82, 2.24) is 24.8 Å². The molecule has 39 heavy (non-hydrogen) atoms. The Labute approximate surface area is 235 Å². The van der Waals surface area contributed by atoms with E-state index in [1.54, 1.807) is 0 Å². The van der Waals surface area contributed by atoms with Gasteiger partial charge in [0.15, 0.2) is 0 Å². The Morgan fingerprint density at radius 2 is 1.87 bits per heavy atom. The highest BCUT2D eigenvalue weighted by Gasteiger charge is 2.30. The summed E-state index contributed by atoms with van der Waals surface area (Å²) < 4.78 is 2.19. The van der Waals surface area contributed by atoms with Gasteiger partial charge in [-0.25, -0.2) is 14.8 Å². The first-order chi connectivity index (χ1) is 19.1. The van der Waals surface area contributed by atoms with E-state index >= 15 is 0 Å². The number of nitrogens with one attached hydrogen (secondary N) is 1. The highest BCUT2D eigenvalue weighted by molar-refractivity contribution is 6.31. The van der Waals surface area contributed by atoms with Gasteiger partial charge in [-0.3, -0.25) is 0 Å². The molecule has 1 saturated heterocycles. The van der Waals surface area contributed by atoms with Crippen molar-refractivity contribution in [2.75, 3.05) is 13.1 Å². The monoisotopic (exact) mass is 542 g/mol. The Morgan fingerprint density at radius 3 is 2.64 bits per heavy atom. The van der Waals surface area contributed by atoms with Crippen LogP contribution in [0.3, 0.4) is 0 Å². The van der Waals surface area contributed by atoms with Crippen molar-refractivity contribution in [1.29, 1.82) is 0 Å². The Morgan fingerprint density at radius 1 is 1.05 bits per heavy atom. The molecule has 202 valence electrons. The second kappa shape index (κ2) is 11.5. The van der Waals surface area contributed by atoms with Crippen LogP contribution in [0.5, 0.6) is 0 Å². The third kappa shape index (κ3) is 5.58. The average molecular weight is 543 g/mol. The molecular weight excluding hydrogens is 506 g/mol. The highest BCUT2D eigenvalue weighted by atomic mass is 35.5.